The maximum Gasteiger partial charge on any atom is 0.490 e. The monoisotopic (exact) mass is 539 g/mol. The molecule has 0 atom stereocenters. The smallest absolute Gasteiger partial charge is 0.475 e. The molecule has 35 heavy (non-hydrogen) atoms. The first kappa shape index (κ1) is 32.1. The Morgan fingerprint density at radius 2 is 1.54 bits per heavy atom. The van der Waals surface area contributed by atoms with Crippen LogP contribution in [0.1, 0.15) is 24.7 Å². The lowest BCUT2D eigenvalue weighted by Crippen LogP contribution is -2.21. The number of carboxylic acid groups (broad SMARTS) is 2. The van der Waals surface area contributed by atoms with Gasteiger partial charge in [0.25, 0.3) is 0 Å². The minimum atomic E-state index is -5.08. The van der Waals surface area contributed by atoms with E-state index in [2.05, 4.69) is 21.5 Å². The van der Waals surface area contributed by atoms with Gasteiger partial charge in [0.1, 0.15) is 16.5 Å². The number of nitrogens with zero attached hydrogens (tertiary/aromatic N) is 3. The number of carbonyl (C=O) groups is 2. The van der Waals surface area contributed by atoms with Crippen molar-refractivity contribution >= 4 is 40.4 Å². The Labute approximate surface area is 199 Å². The topological polar surface area (TPSA) is 167 Å². The van der Waals surface area contributed by atoms with E-state index < -0.39 is 24.3 Å². The van der Waals surface area contributed by atoms with E-state index >= 15 is 0 Å². The van der Waals surface area contributed by atoms with Crippen molar-refractivity contribution in [2.75, 3.05) is 25.5 Å². The molecule has 0 amide bonds. The van der Waals surface area contributed by atoms with Crippen molar-refractivity contribution in [1.29, 1.82) is 0 Å². The molecule has 0 fully saturated rings. The third-order valence-electron chi connectivity index (χ3n) is 3.85. The van der Waals surface area contributed by atoms with Gasteiger partial charge in [-0.2, -0.15) is 26.3 Å². The van der Waals surface area contributed by atoms with Crippen LogP contribution in [0.4, 0.5) is 32.2 Å². The molecule has 0 unspecified atom stereocenters. The molecular weight excluding hydrogens is 516 g/mol. The molecule has 0 aliphatic heterocycles. The van der Waals surface area contributed by atoms with Gasteiger partial charge in [0.15, 0.2) is 5.82 Å². The SMILES string of the molecule is CCCc1nc2c(N)nc(Cl)c(C)c2n1CCOCCN.O=C(O)C(F)(F)F.O=C(O)C(F)(F)F. The molecule has 10 nitrogen and oxygen atoms in total. The van der Waals surface area contributed by atoms with Crippen LogP contribution in [0.15, 0.2) is 0 Å². The Morgan fingerprint density at radius 1 is 1.06 bits per heavy atom. The minimum Gasteiger partial charge on any atom is -0.475 e. The maximum absolute atomic E-state index is 10.6. The van der Waals surface area contributed by atoms with Crippen LogP contribution in [-0.4, -0.2) is 68.8 Å². The molecular formula is C18H24ClF6N5O5. The zero-order valence-electron chi connectivity index (χ0n) is 18.5. The molecule has 17 heteroatoms. The predicted molar refractivity (Wildman–Crippen MR) is 113 cm³/mol. The number of carboxylic acids is 2. The van der Waals surface area contributed by atoms with Crippen LogP contribution in [0.25, 0.3) is 11.0 Å². The molecule has 0 spiro atoms. The van der Waals surface area contributed by atoms with Gasteiger partial charge in [0.2, 0.25) is 0 Å². The Hall–Kier alpha value is -2.85. The summed E-state index contributed by atoms with van der Waals surface area (Å²) in [4.78, 5) is 26.6. The molecule has 0 aliphatic rings. The summed E-state index contributed by atoms with van der Waals surface area (Å²) in [6.07, 6.45) is -8.28. The summed E-state index contributed by atoms with van der Waals surface area (Å²) in [5.41, 5.74) is 14.0. The quantitative estimate of drug-likeness (QED) is 0.235. The van der Waals surface area contributed by atoms with Crippen molar-refractivity contribution in [3.05, 3.63) is 16.5 Å². The number of nitrogen functional groups attached to an aromatic ring is 1. The number of ether oxygens (including phenoxy) is 1. The number of imidazole rings is 1. The molecule has 2 aromatic rings. The lowest BCUT2D eigenvalue weighted by molar-refractivity contribution is -0.193. The summed E-state index contributed by atoms with van der Waals surface area (Å²) >= 11 is 6.15. The average molecular weight is 540 g/mol. The number of halogens is 7. The number of aryl methyl sites for hydroxylation is 2. The number of alkyl halides is 6. The summed E-state index contributed by atoms with van der Waals surface area (Å²) in [6.45, 7) is 6.42. The van der Waals surface area contributed by atoms with Gasteiger partial charge in [-0.3, -0.25) is 0 Å². The van der Waals surface area contributed by atoms with E-state index in [-0.39, 0.29) is 0 Å². The van der Waals surface area contributed by atoms with Crippen LogP contribution >= 0.6 is 11.6 Å². The number of aliphatic carboxylic acids is 2. The van der Waals surface area contributed by atoms with E-state index in [0.717, 1.165) is 35.3 Å². The highest BCUT2D eigenvalue weighted by atomic mass is 35.5. The standard InChI is InChI=1S/C14H22ClN5O.2C2HF3O2/c1-3-4-10-18-11-12(9(2)13(15)19-14(11)17)20(10)6-8-21-7-5-16;2*3-2(4,5)1(6)7/h3-8,16H2,1-2H3,(H2,17,19);2*(H,6,7). The van der Waals surface area contributed by atoms with E-state index in [4.69, 9.17) is 47.6 Å². The average Bonchev–Trinajstić information content (AvgIpc) is 3.08. The molecule has 2 rings (SSSR count). The van der Waals surface area contributed by atoms with Crippen LogP contribution in [-0.2, 0) is 27.3 Å². The van der Waals surface area contributed by atoms with Crippen LogP contribution in [0, 0.1) is 6.92 Å². The van der Waals surface area contributed by atoms with Crippen molar-refractivity contribution in [1.82, 2.24) is 14.5 Å². The lowest BCUT2D eigenvalue weighted by atomic mass is 10.2. The second-order valence-corrected chi connectivity index (χ2v) is 6.90. The predicted octanol–water partition coefficient (Wildman–Crippen LogP) is 3.17. The van der Waals surface area contributed by atoms with Gasteiger partial charge in [0, 0.05) is 25.1 Å². The summed E-state index contributed by atoms with van der Waals surface area (Å²) < 4.78 is 71.1. The summed E-state index contributed by atoms with van der Waals surface area (Å²) in [7, 11) is 0. The third kappa shape index (κ3) is 10.5. The van der Waals surface area contributed by atoms with Crippen LogP contribution < -0.4 is 11.5 Å². The number of hydrogen-bond acceptors (Lipinski definition) is 7. The highest BCUT2D eigenvalue weighted by Gasteiger charge is 2.38. The Balaban J connectivity index is 0.000000680. The number of aromatic nitrogens is 3. The number of pyridine rings is 1. The van der Waals surface area contributed by atoms with Gasteiger partial charge in [-0.15, -0.1) is 0 Å². The largest absolute Gasteiger partial charge is 0.490 e. The molecule has 0 aliphatic carbocycles. The summed E-state index contributed by atoms with van der Waals surface area (Å²) in [5.74, 6) is -4.15. The van der Waals surface area contributed by atoms with Crippen LogP contribution in [0.5, 0.6) is 0 Å². The van der Waals surface area contributed by atoms with Crippen LogP contribution in [0.3, 0.4) is 0 Å². The first-order chi connectivity index (χ1) is 16.0. The van der Waals surface area contributed by atoms with Crippen molar-refractivity contribution in [2.45, 2.75) is 45.6 Å². The number of anilines is 1. The molecule has 0 bridgehead atoms. The Kier molecular flexibility index (Phi) is 12.8. The highest BCUT2D eigenvalue weighted by molar-refractivity contribution is 6.31. The zero-order chi connectivity index (χ0) is 27.6. The van der Waals surface area contributed by atoms with E-state index in [9.17, 15) is 26.3 Å². The summed E-state index contributed by atoms with van der Waals surface area (Å²) in [6, 6.07) is 0. The van der Waals surface area contributed by atoms with E-state index in [1.807, 2.05) is 6.92 Å². The molecule has 0 saturated heterocycles. The molecule has 200 valence electrons. The van der Waals surface area contributed by atoms with E-state index in [1.54, 1.807) is 0 Å². The highest BCUT2D eigenvalue weighted by Crippen LogP contribution is 2.29. The maximum atomic E-state index is 10.6. The van der Waals surface area contributed by atoms with Crippen molar-refractivity contribution < 1.29 is 50.9 Å². The molecule has 0 radical (unpaired) electrons. The summed E-state index contributed by atoms with van der Waals surface area (Å²) in [5, 5.41) is 14.7. The van der Waals surface area contributed by atoms with Gasteiger partial charge in [-0.1, -0.05) is 18.5 Å². The van der Waals surface area contributed by atoms with Crippen LogP contribution in [0.2, 0.25) is 5.15 Å². The molecule has 6 N–H and O–H groups in total. The second kappa shape index (κ2) is 13.9. The van der Waals surface area contributed by atoms with E-state index in [1.165, 1.54) is 0 Å². The van der Waals surface area contributed by atoms with Gasteiger partial charge in [-0.25, -0.2) is 19.6 Å². The van der Waals surface area contributed by atoms with Crippen molar-refractivity contribution in [3.63, 3.8) is 0 Å². The van der Waals surface area contributed by atoms with Gasteiger partial charge in [0.05, 0.1) is 18.7 Å². The molecule has 0 saturated carbocycles. The fourth-order valence-corrected chi connectivity index (χ4v) is 2.58. The van der Waals surface area contributed by atoms with E-state index in [0.29, 0.717) is 37.3 Å². The second-order valence-electron chi connectivity index (χ2n) is 6.55. The van der Waals surface area contributed by atoms with Crippen molar-refractivity contribution in [2.24, 2.45) is 5.73 Å². The van der Waals surface area contributed by atoms with Gasteiger partial charge in [-0.05, 0) is 13.3 Å². The number of rotatable bonds is 7. The zero-order valence-corrected chi connectivity index (χ0v) is 19.3. The van der Waals surface area contributed by atoms with Gasteiger partial charge < -0.3 is 31.0 Å². The number of fused-ring (bicyclic) bond motifs is 1. The molecule has 2 aromatic heterocycles. The fourth-order valence-electron chi connectivity index (χ4n) is 2.39. The van der Waals surface area contributed by atoms with Gasteiger partial charge >= 0.3 is 24.3 Å². The Morgan fingerprint density at radius 3 is 1.94 bits per heavy atom. The normalized spacial score (nSPS) is 11.4. The van der Waals surface area contributed by atoms with Crippen molar-refractivity contribution in [3.8, 4) is 0 Å². The minimum absolute atomic E-state index is 0.375. The Bertz CT molecular complexity index is 973. The molecule has 0 aromatic carbocycles. The third-order valence-corrected chi connectivity index (χ3v) is 4.22. The fraction of sp³-hybridized carbons (Fsp3) is 0.556. The first-order valence-corrected chi connectivity index (χ1v) is 10.0. The molecule has 2 heterocycles. The lowest BCUT2D eigenvalue weighted by Gasteiger charge is -2.11. The number of nitrogens with two attached hydrogens (primary N) is 2. The first-order valence-electron chi connectivity index (χ1n) is 9.67. The number of hydrogen-bond donors (Lipinski definition) is 4.